The van der Waals surface area contributed by atoms with Crippen LogP contribution in [-0.4, -0.2) is 47.6 Å². The molecule has 8 heteroatoms. The molecule has 0 bridgehead atoms. The van der Waals surface area contributed by atoms with Gasteiger partial charge in [0.05, 0.1) is 30.7 Å². The second kappa shape index (κ2) is 9.38. The molecule has 1 aliphatic heterocycles. The van der Waals surface area contributed by atoms with Crippen LogP contribution in [0.2, 0.25) is 0 Å². The molecule has 33 heavy (non-hydrogen) atoms. The van der Waals surface area contributed by atoms with E-state index in [-0.39, 0.29) is 17.9 Å². The van der Waals surface area contributed by atoms with Crippen molar-refractivity contribution in [2.75, 3.05) is 20.8 Å². The maximum atomic E-state index is 13.2. The van der Waals surface area contributed by atoms with Crippen LogP contribution in [0, 0.1) is 0 Å². The number of hydrogen-bond acceptors (Lipinski definition) is 7. The zero-order chi connectivity index (χ0) is 23.5. The van der Waals surface area contributed by atoms with Crippen LogP contribution in [0.15, 0.2) is 71.3 Å². The van der Waals surface area contributed by atoms with Gasteiger partial charge in [-0.1, -0.05) is 24.3 Å². The van der Waals surface area contributed by atoms with Crippen molar-refractivity contribution >= 4 is 23.0 Å². The molecule has 0 fully saturated rings. The number of rotatable bonds is 8. The number of aliphatic hydroxyl groups excluding tert-OH is 1. The molecule has 1 amide bonds. The summed E-state index contributed by atoms with van der Waals surface area (Å²) in [6, 6.07) is 14.4. The summed E-state index contributed by atoms with van der Waals surface area (Å²) in [7, 11) is 3.11. The molecule has 0 unspecified atom stereocenters. The van der Waals surface area contributed by atoms with Crippen molar-refractivity contribution in [3.63, 3.8) is 0 Å². The van der Waals surface area contributed by atoms with Crippen LogP contribution in [0.5, 0.6) is 17.2 Å². The Labute approximate surface area is 195 Å². The van der Waals surface area contributed by atoms with Gasteiger partial charge in [-0.2, -0.15) is 0 Å². The predicted molar refractivity (Wildman–Crippen MR) is 124 cm³/mol. The summed E-state index contributed by atoms with van der Waals surface area (Å²) in [5.74, 6) is -0.411. The Morgan fingerprint density at radius 3 is 2.48 bits per heavy atom. The van der Waals surface area contributed by atoms with Crippen molar-refractivity contribution in [1.82, 2.24) is 4.90 Å². The topological polar surface area (TPSA) is 96.3 Å². The van der Waals surface area contributed by atoms with Crippen LogP contribution >= 0.6 is 11.3 Å². The second-order valence-electron chi connectivity index (χ2n) is 7.50. The second-order valence-corrected chi connectivity index (χ2v) is 8.45. The van der Waals surface area contributed by atoms with Crippen molar-refractivity contribution < 1.29 is 29.3 Å². The lowest BCUT2D eigenvalue weighted by molar-refractivity contribution is -0.129. The third-order valence-corrected chi connectivity index (χ3v) is 6.44. The predicted octanol–water partition coefficient (Wildman–Crippen LogP) is 4.29. The van der Waals surface area contributed by atoms with Gasteiger partial charge in [0.2, 0.25) is 5.78 Å². The third-order valence-electron chi connectivity index (χ3n) is 5.57. The molecular weight excluding hydrogens is 442 g/mol. The molecule has 0 radical (unpaired) electrons. The first-order valence-electron chi connectivity index (χ1n) is 10.3. The van der Waals surface area contributed by atoms with Gasteiger partial charge < -0.3 is 24.6 Å². The molecular formula is C25H23NO6S. The van der Waals surface area contributed by atoms with Crippen LogP contribution in [0.25, 0.3) is 0 Å². The van der Waals surface area contributed by atoms with Gasteiger partial charge in [0.15, 0.2) is 17.3 Å². The first kappa shape index (κ1) is 22.4. The number of nitrogens with zero attached hydrogens (tertiary/aromatic N) is 1. The molecule has 0 saturated carbocycles. The van der Waals surface area contributed by atoms with Crippen molar-refractivity contribution in [2.45, 2.75) is 12.5 Å². The summed E-state index contributed by atoms with van der Waals surface area (Å²) in [5, 5.41) is 22.5. The number of ketones is 1. The van der Waals surface area contributed by atoms with Crippen molar-refractivity contribution in [1.29, 1.82) is 0 Å². The van der Waals surface area contributed by atoms with Gasteiger partial charge in [-0.3, -0.25) is 9.59 Å². The summed E-state index contributed by atoms with van der Waals surface area (Å²) in [6.45, 7) is 0.236. The number of hydrogen-bond donors (Lipinski definition) is 2. The Morgan fingerprint density at radius 1 is 1.03 bits per heavy atom. The van der Waals surface area contributed by atoms with Gasteiger partial charge in [-0.15, -0.1) is 11.3 Å². The number of methoxy groups -OCH3 is 2. The fourth-order valence-electron chi connectivity index (χ4n) is 3.98. The number of carbonyl (C=O) groups excluding carboxylic acids is 2. The normalized spacial score (nSPS) is 15.8. The maximum Gasteiger partial charge on any atom is 0.290 e. The molecule has 2 N–H and O–H groups in total. The van der Waals surface area contributed by atoms with Gasteiger partial charge >= 0.3 is 0 Å². The Bertz CT molecular complexity index is 1220. The van der Waals surface area contributed by atoms with E-state index in [2.05, 4.69) is 0 Å². The van der Waals surface area contributed by atoms with E-state index in [0.29, 0.717) is 28.4 Å². The average Bonchev–Trinajstić information content (AvgIpc) is 3.45. The molecule has 0 spiro atoms. The number of amides is 1. The van der Waals surface area contributed by atoms with E-state index in [0.717, 1.165) is 5.56 Å². The fraction of sp³-hybridized carbons (Fsp3) is 0.200. The molecule has 1 atom stereocenters. The van der Waals surface area contributed by atoms with Gasteiger partial charge in [0.1, 0.15) is 5.75 Å². The van der Waals surface area contributed by atoms with E-state index in [1.54, 1.807) is 49.9 Å². The van der Waals surface area contributed by atoms with E-state index in [9.17, 15) is 19.8 Å². The fourth-order valence-corrected chi connectivity index (χ4v) is 4.66. The highest BCUT2D eigenvalue weighted by molar-refractivity contribution is 7.12. The van der Waals surface area contributed by atoms with E-state index in [4.69, 9.17) is 9.47 Å². The van der Waals surface area contributed by atoms with E-state index in [1.807, 2.05) is 12.1 Å². The number of aromatic hydroxyl groups is 1. The van der Waals surface area contributed by atoms with Gasteiger partial charge in [-0.25, -0.2) is 0 Å². The number of aliphatic hydroxyl groups is 1. The lowest BCUT2D eigenvalue weighted by Crippen LogP contribution is -2.33. The van der Waals surface area contributed by atoms with Crippen LogP contribution < -0.4 is 9.47 Å². The summed E-state index contributed by atoms with van der Waals surface area (Å²) >= 11 is 1.24. The number of carbonyl (C=O) groups is 2. The molecule has 2 heterocycles. The number of Topliss-reactive ketones (excluding diaryl/α,β-unsaturated/α-hetero) is 1. The maximum absolute atomic E-state index is 13.2. The first-order valence-corrected chi connectivity index (χ1v) is 11.1. The Hall–Kier alpha value is -3.78. The van der Waals surface area contributed by atoms with Crippen LogP contribution in [0.3, 0.4) is 0 Å². The average molecular weight is 466 g/mol. The van der Waals surface area contributed by atoms with E-state index < -0.39 is 23.5 Å². The highest BCUT2D eigenvalue weighted by Gasteiger charge is 2.43. The van der Waals surface area contributed by atoms with Gasteiger partial charge in [0.25, 0.3) is 5.91 Å². The molecule has 1 aromatic heterocycles. The number of thiophene rings is 1. The number of phenolic OH excluding ortho intramolecular Hbond substituents is 1. The minimum Gasteiger partial charge on any atom is -0.508 e. The van der Waals surface area contributed by atoms with Crippen molar-refractivity contribution in [3.8, 4) is 17.2 Å². The van der Waals surface area contributed by atoms with Crippen LogP contribution in [-0.2, 0) is 11.2 Å². The minimum atomic E-state index is -0.820. The van der Waals surface area contributed by atoms with E-state index >= 15 is 0 Å². The highest BCUT2D eigenvalue weighted by Crippen LogP contribution is 2.40. The molecule has 0 aliphatic carbocycles. The standard InChI is InChI=1S/C25H23NO6S/c1-31-18-9-8-15(13-19(18)32-2)10-11-26-22(16-5-3-6-17(27)14-16)21(24(29)25(26)30)23(28)20-7-4-12-33-20/h3-9,12-14,22,27,29H,10-11H2,1-2H3/t22-/m0/s1. The Morgan fingerprint density at radius 2 is 1.82 bits per heavy atom. The summed E-state index contributed by atoms with van der Waals surface area (Å²) in [6.07, 6.45) is 0.454. The lowest BCUT2D eigenvalue weighted by Gasteiger charge is -2.27. The largest absolute Gasteiger partial charge is 0.508 e. The molecule has 170 valence electrons. The van der Waals surface area contributed by atoms with Gasteiger partial charge in [-0.05, 0) is 53.3 Å². The minimum absolute atomic E-state index is 0.00843. The monoisotopic (exact) mass is 465 g/mol. The Balaban J connectivity index is 1.68. The summed E-state index contributed by atoms with van der Waals surface area (Å²) in [4.78, 5) is 28.2. The molecule has 1 aliphatic rings. The van der Waals surface area contributed by atoms with Crippen LogP contribution in [0.1, 0.15) is 26.8 Å². The molecule has 7 nitrogen and oxygen atoms in total. The lowest BCUT2D eigenvalue weighted by atomic mass is 9.95. The third kappa shape index (κ3) is 4.29. The number of ether oxygens (including phenoxy) is 2. The highest BCUT2D eigenvalue weighted by atomic mass is 32.1. The molecule has 2 aromatic carbocycles. The first-order chi connectivity index (χ1) is 15.9. The number of phenols is 1. The van der Waals surface area contributed by atoms with Gasteiger partial charge in [0, 0.05) is 6.54 Å². The summed E-state index contributed by atoms with van der Waals surface area (Å²) < 4.78 is 10.6. The van der Waals surface area contributed by atoms with Crippen LogP contribution in [0.4, 0.5) is 0 Å². The zero-order valence-corrected chi connectivity index (χ0v) is 19.0. The quantitative estimate of drug-likeness (QED) is 0.482. The zero-order valence-electron chi connectivity index (χ0n) is 18.1. The summed E-state index contributed by atoms with van der Waals surface area (Å²) in [5.41, 5.74) is 1.45. The van der Waals surface area contributed by atoms with E-state index in [1.165, 1.54) is 28.4 Å². The van der Waals surface area contributed by atoms with Crippen molar-refractivity contribution in [3.05, 3.63) is 87.3 Å². The number of benzene rings is 2. The molecule has 0 saturated heterocycles. The molecule has 4 rings (SSSR count). The van der Waals surface area contributed by atoms with Crippen molar-refractivity contribution in [2.24, 2.45) is 0 Å². The molecule has 3 aromatic rings. The smallest absolute Gasteiger partial charge is 0.290 e. The SMILES string of the molecule is COc1ccc(CCN2C(=O)C(O)=C(C(=O)c3cccs3)[C@@H]2c2cccc(O)c2)cc1OC. The Kier molecular flexibility index (Phi) is 6.37.